The first-order valence-corrected chi connectivity index (χ1v) is 19.7. The van der Waals surface area contributed by atoms with Gasteiger partial charge in [0.05, 0.1) is 13.2 Å². The zero-order valence-corrected chi connectivity index (χ0v) is 31.6. The lowest BCUT2D eigenvalue weighted by atomic mass is 9.99. The highest BCUT2D eigenvalue weighted by Gasteiger charge is 2.44. The summed E-state index contributed by atoms with van der Waals surface area (Å²) in [6.07, 6.45) is 28.4. The lowest BCUT2D eigenvalue weighted by molar-refractivity contribution is -0.305. The van der Waals surface area contributed by atoms with Crippen LogP contribution < -0.4 is 0 Å². The zero-order valence-electron chi connectivity index (χ0n) is 31.6. The minimum Gasteiger partial charge on any atom is -0.462 e. The number of rotatable bonds is 31. The summed E-state index contributed by atoms with van der Waals surface area (Å²) < 4.78 is 22.0. The predicted octanol–water partition coefficient (Wildman–Crippen LogP) is 7.32. The fraction of sp³-hybridized carbons (Fsp3) is 0.756. The first-order chi connectivity index (χ1) is 24.8. The summed E-state index contributed by atoms with van der Waals surface area (Å²) in [6.45, 7) is 3.23. The molecule has 0 spiro atoms. The number of carbonyl (C=O) groups is 2. The number of hydrogen-bond donors (Lipinski definition) is 4. The van der Waals surface area contributed by atoms with Crippen molar-refractivity contribution >= 4 is 11.9 Å². The lowest BCUT2D eigenvalue weighted by Crippen LogP contribution is -2.59. The van der Waals surface area contributed by atoms with Gasteiger partial charge in [0.15, 0.2) is 12.4 Å². The van der Waals surface area contributed by atoms with E-state index in [9.17, 15) is 30.0 Å². The van der Waals surface area contributed by atoms with E-state index in [1.807, 2.05) is 0 Å². The summed E-state index contributed by atoms with van der Waals surface area (Å²) in [6, 6.07) is 0. The van der Waals surface area contributed by atoms with Crippen LogP contribution in [0.1, 0.15) is 142 Å². The summed E-state index contributed by atoms with van der Waals surface area (Å²) in [5.74, 6) is -0.860. The third kappa shape index (κ3) is 24.5. The van der Waals surface area contributed by atoms with Gasteiger partial charge in [0.1, 0.15) is 31.0 Å². The van der Waals surface area contributed by atoms with Gasteiger partial charge >= 0.3 is 11.9 Å². The molecule has 4 N–H and O–H groups in total. The maximum atomic E-state index is 12.7. The van der Waals surface area contributed by atoms with Crippen LogP contribution in [0.2, 0.25) is 0 Å². The molecule has 0 aliphatic carbocycles. The SMILES string of the molecule is CC/C=C\C/C=C\C/C=C\C/C=C\CCCCC(=O)OC(COC(=O)CCCCCCCCCCCCC)COC1OC(CO)C(O)C(O)C1O. The molecule has 6 atom stereocenters. The molecule has 0 aromatic rings. The van der Waals surface area contributed by atoms with Crippen molar-refractivity contribution in [3.63, 3.8) is 0 Å². The third-order valence-corrected chi connectivity index (χ3v) is 8.73. The van der Waals surface area contributed by atoms with Crippen molar-refractivity contribution in [2.75, 3.05) is 19.8 Å². The Balaban J connectivity index is 2.43. The van der Waals surface area contributed by atoms with Gasteiger partial charge in [-0.1, -0.05) is 127 Å². The molecule has 294 valence electrons. The van der Waals surface area contributed by atoms with E-state index in [2.05, 4.69) is 62.5 Å². The summed E-state index contributed by atoms with van der Waals surface area (Å²) in [7, 11) is 0. The molecular weight excluding hydrogens is 652 g/mol. The van der Waals surface area contributed by atoms with Gasteiger partial charge < -0.3 is 39.4 Å². The average Bonchev–Trinajstić information content (AvgIpc) is 3.13. The molecule has 1 rings (SSSR count). The molecule has 10 heteroatoms. The molecule has 1 heterocycles. The Morgan fingerprint density at radius 3 is 1.75 bits per heavy atom. The number of carbonyl (C=O) groups excluding carboxylic acids is 2. The van der Waals surface area contributed by atoms with E-state index in [1.54, 1.807) is 0 Å². The number of aliphatic hydroxyl groups excluding tert-OH is 4. The minimum atomic E-state index is -1.60. The quantitative estimate of drug-likeness (QED) is 0.0325. The summed E-state index contributed by atoms with van der Waals surface area (Å²) in [5, 5.41) is 39.9. The van der Waals surface area contributed by atoms with Crippen LogP contribution in [-0.2, 0) is 28.5 Å². The topological polar surface area (TPSA) is 152 Å². The van der Waals surface area contributed by atoms with E-state index in [0.717, 1.165) is 57.8 Å². The molecule has 0 aromatic heterocycles. The standard InChI is InChI=1S/C41H70O10/c1-3-5-7-9-11-13-15-16-17-18-20-22-24-26-28-30-37(44)50-34(33-49-41-40(47)39(46)38(45)35(31-42)51-41)32-48-36(43)29-27-25-23-21-19-14-12-10-8-6-4-2/h5,7,11,13,16-17,20,22,34-35,38-42,45-47H,3-4,6,8-10,12,14-15,18-19,21,23-33H2,1-2H3/b7-5-,13-11-,17-16-,22-20-. The van der Waals surface area contributed by atoms with Crippen molar-refractivity contribution in [1.82, 2.24) is 0 Å². The van der Waals surface area contributed by atoms with Gasteiger partial charge in [-0.3, -0.25) is 9.59 Å². The molecule has 0 aromatic carbocycles. The van der Waals surface area contributed by atoms with Gasteiger partial charge in [-0.2, -0.15) is 0 Å². The molecule has 51 heavy (non-hydrogen) atoms. The number of aliphatic hydroxyl groups is 4. The zero-order chi connectivity index (χ0) is 37.4. The van der Waals surface area contributed by atoms with Gasteiger partial charge in [-0.05, 0) is 51.4 Å². The van der Waals surface area contributed by atoms with E-state index in [0.29, 0.717) is 6.42 Å². The van der Waals surface area contributed by atoms with Gasteiger partial charge in [0, 0.05) is 12.8 Å². The first kappa shape index (κ1) is 46.7. The van der Waals surface area contributed by atoms with Gasteiger partial charge in [0.2, 0.25) is 0 Å². The number of esters is 2. The van der Waals surface area contributed by atoms with Crippen LogP contribution in [-0.4, -0.2) is 89.0 Å². The molecular formula is C41H70O10. The average molecular weight is 723 g/mol. The highest BCUT2D eigenvalue weighted by molar-refractivity contribution is 5.70. The van der Waals surface area contributed by atoms with Crippen LogP contribution in [0, 0.1) is 0 Å². The van der Waals surface area contributed by atoms with E-state index >= 15 is 0 Å². The predicted molar refractivity (Wildman–Crippen MR) is 201 cm³/mol. The molecule has 1 aliphatic heterocycles. The van der Waals surface area contributed by atoms with Crippen molar-refractivity contribution in [3.8, 4) is 0 Å². The van der Waals surface area contributed by atoms with E-state index in [1.165, 1.54) is 51.4 Å². The van der Waals surface area contributed by atoms with Crippen molar-refractivity contribution in [2.24, 2.45) is 0 Å². The van der Waals surface area contributed by atoms with Crippen LogP contribution in [0.15, 0.2) is 48.6 Å². The van der Waals surface area contributed by atoms with Crippen LogP contribution in [0.5, 0.6) is 0 Å². The molecule has 0 saturated carbocycles. The van der Waals surface area contributed by atoms with Crippen LogP contribution >= 0.6 is 0 Å². The van der Waals surface area contributed by atoms with Gasteiger partial charge in [0.25, 0.3) is 0 Å². The monoisotopic (exact) mass is 722 g/mol. The molecule has 0 amide bonds. The number of hydrogen-bond acceptors (Lipinski definition) is 10. The normalized spacial score (nSPS) is 21.7. The third-order valence-electron chi connectivity index (χ3n) is 8.73. The van der Waals surface area contributed by atoms with Crippen LogP contribution in [0.25, 0.3) is 0 Å². The largest absolute Gasteiger partial charge is 0.462 e. The number of unbranched alkanes of at least 4 members (excludes halogenated alkanes) is 12. The van der Waals surface area contributed by atoms with Crippen molar-refractivity contribution in [2.45, 2.75) is 179 Å². The van der Waals surface area contributed by atoms with E-state index in [-0.39, 0.29) is 26.1 Å². The van der Waals surface area contributed by atoms with E-state index in [4.69, 9.17) is 18.9 Å². The molecule has 0 radical (unpaired) electrons. The first-order valence-electron chi connectivity index (χ1n) is 19.7. The fourth-order valence-electron chi connectivity index (χ4n) is 5.59. The Bertz CT molecular complexity index is 975. The smallest absolute Gasteiger partial charge is 0.306 e. The molecule has 0 bridgehead atoms. The molecule has 1 fully saturated rings. The fourth-order valence-corrected chi connectivity index (χ4v) is 5.59. The molecule has 1 saturated heterocycles. The van der Waals surface area contributed by atoms with Gasteiger partial charge in [-0.25, -0.2) is 0 Å². The van der Waals surface area contributed by atoms with Gasteiger partial charge in [-0.15, -0.1) is 0 Å². The number of allylic oxidation sites excluding steroid dienone is 8. The lowest BCUT2D eigenvalue weighted by Gasteiger charge is -2.39. The number of ether oxygens (including phenoxy) is 4. The second kappa shape index (κ2) is 32.3. The van der Waals surface area contributed by atoms with Crippen molar-refractivity contribution in [3.05, 3.63) is 48.6 Å². The van der Waals surface area contributed by atoms with E-state index < -0.39 is 55.4 Å². The van der Waals surface area contributed by atoms with Crippen LogP contribution in [0.3, 0.4) is 0 Å². The maximum Gasteiger partial charge on any atom is 0.306 e. The summed E-state index contributed by atoms with van der Waals surface area (Å²) in [4.78, 5) is 25.2. The highest BCUT2D eigenvalue weighted by Crippen LogP contribution is 2.22. The summed E-state index contributed by atoms with van der Waals surface area (Å²) in [5.41, 5.74) is 0. The van der Waals surface area contributed by atoms with Crippen molar-refractivity contribution in [1.29, 1.82) is 0 Å². The second-order valence-corrected chi connectivity index (χ2v) is 13.4. The minimum absolute atomic E-state index is 0.177. The Kier molecular flexibility index (Phi) is 29.6. The highest BCUT2D eigenvalue weighted by atomic mass is 16.7. The molecule has 6 unspecified atom stereocenters. The molecule has 1 aliphatic rings. The van der Waals surface area contributed by atoms with Crippen LogP contribution in [0.4, 0.5) is 0 Å². The Morgan fingerprint density at radius 2 is 1.16 bits per heavy atom. The Morgan fingerprint density at radius 1 is 0.627 bits per heavy atom. The Hall–Kier alpha value is -2.34. The van der Waals surface area contributed by atoms with Crippen molar-refractivity contribution < 1.29 is 49.0 Å². The maximum absolute atomic E-state index is 12.7. The summed E-state index contributed by atoms with van der Waals surface area (Å²) >= 11 is 0. The Labute approximate surface area is 308 Å². The molecule has 10 nitrogen and oxygen atoms in total. The second-order valence-electron chi connectivity index (χ2n) is 13.4.